The summed E-state index contributed by atoms with van der Waals surface area (Å²) in [7, 11) is 0. The third kappa shape index (κ3) is 4.71. The van der Waals surface area contributed by atoms with Crippen LogP contribution >= 0.6 is 0 Å². The highest BCUT2D eigenvalue weighted by Crippen LogP contribution is 2.34. The number of ether oxygens (including phenoxy) is 2. The predicted molar refractivity (Wildman–Crippen MR) is 87.8 cm³/mol. The summed E-state index contributed by atoms with van der Waals surface area (Å²) in [6.45, 7) is 8.60. The number of allylic oxidation sites excluding steroid dienone is 2. The Bertz CT molecular complexity index is 547. The SMILES string of the molecule is C=C1C(=O)O[C@@H]2C=C(C)CCC=C(COC(=O)NCC)CC[C@H]12. The largest absolute Gasteiger partial charge is 0.454 e. The van der Waals surface area contributed by atoms with Crippen LogP contribution in [0.15, 0.2) is 35.5 Å². The highest BCUT2D eigenvalue weighted by atomic mass is 16.6. The normalized spacial score (nSPS) is 25.0. The zero-order valence-corrected chi connectivity index (χ0v) is 13.9. The fourth-order valence-corrected chi connectivity index (χ4v) is 2.92. The molecule has 1 amide bonds. The van der Waals surface area contributed by atoms with Crippen molar-refractivity contribution in [3.63, 3.8) is 0 Å². The molecule has 126 valence electrons. The van der Waals surface area contributed by atoms with Gasteiger partial charge >= 0.3 is 12.1 Å². The molecule has 23 heavy (non-hydrogen) atoms. The summed E-state index contributed by atoms with van der Waals surface area (Å²) in [5.74, 6) is -0.296. The Balaban J connectivity index is 2.04. The van der Waals surface area contributed by atoms with E-state index in [1.807, 2.05) is 19.9 Å². The quantitative estimate of drug-likeness (QED) is 0.492. The number of esters is 1. The molecule has 0 spiro atoms. The van der Waals surface area contributed by atoms with E-state index in [1.165, 1.54) is 5.57 Å². The molecule has 1 fully saturated rings. The number of carbonyl (C=O) groups is 2. The topological polar surface area (TPSA) is 64.6 Å². The summed E-state index contributed by atoms with van der Waals surface area (Å²) in [5, 5.41) is 2.62. The average Bonchev–Trinajstić information content (AvgIpc) is 2.76. The van der Waals surface area contributed by atoms with E-state index >= 15 is 0 Å². The van der Waals surface area contributed by atoms with Crippen molar-refractivity contribution < 1.29 is 19.1 Å². The van der Waals surface area contributed by atoms with Crippen molar-refractivity contribution in [3.8, 4) is 0 Å². The zero-order valence-electron chi connectivity index (χ0n) is 13.9. The van der Waals surface area contributed by atoms with Gasteiger partial charge in [-0.15, -0.1) is 0 Å². The molecule has 0 radical (unpaired) electrons. The van der Waals surface area contributed by atoms with Gasteiger partial charge in [-0.3, -0.25) is 0 Å². The lowest BCUT2D eigenvalue weighted by Gasteiger charge is -2.18. The van der Waals surface area contributed by atoms with Crippen molar-refractivity contribution in [2.45, 2.75) is 45.6 Å². The predicted octanol–water partition coefficient (Wildman–Crippen LogP) is 3.28. The number of hydrogen-bond donors (Lipinski definition) is 1. The Labute approximate surface area is 137 Å². The fraction of sp³-hybridized carbons (Fsp3) is 0.556. The van der Waals surface area contributed by atoms with Gasteiger partial charge in [0.05, 0.1) is 0 Å². The lowest BCUT2D eigenvalue weighted by Crippen LogP contribution is -2.24. The summed E-state index contributed by atoms with van der Waals surface area (Å²) < 4.78 is 10.6. The fourth-order valence-electron chi connectivity index (χ4n) is 2.92. The van der Waals surface area contributed by atoms with E-state index in [1.54, 1.807) is 0 Å². The van der Waals surface area contributed by atoms with E-state index in [2.05, 4.69) is 18.0 Å². The van der Waals surface area contributed by atoms with Gasteiger partial charge in [0.25, 0.3) is 0 Å². The van der Waals surface area contributed by atoms with E-state index < -0.39 is 6.09 Å². The van der Waals surface area contributed by atoms with E-state index in [0.717, 1.165) is 31.3 Å². The molecule has 1 saturated heterocycles. The summed E-state index contributed by atoms with van der Waals surface area (Å²) in [5.41, 5.74) is 2.82. The molecule has 2 atom stereocenters. The molecule has 5 nitrogen and oxygen atoms in total. The van der Waals surface area contributed by atoms with E-state index in [9.17, 15) is 9.59 Å². The Kier molecular flexibility index (Phi) is 6.02. The van der Waals surface area contributed by atoms with Gasteiger partial charge in [0, 0.05) is 18.0 Å². The van der Waals surface area contributed by atoms with Gasteiger partial charge in [-0.1, -0.05) is 18.2 Å². The molecule has 1 aliphatic heterocycles. The molecular formula is C18H25NO4. The first-order valence-electron chi connectivity index (χ1n) is 8.16. The van der Waals surface area contributed by atoms with Crippen molar-refractivity contribution in [3.05, 3.63) is 35.5 Å². The number of hydrogen-bond acceptors (Lipinski definition) is 4. The van der Waals surface area contributed by atoms with Gasteiger partial charge in [0.15, 0.2) is 0 Å². The average molecular weight is 319 g/mol. The standard InChI is InChI=1S/C18H25NO4/c1-4-19-18(21)22-11-14-7-5-6-12(2)10-16-15(9-8-14)13(3)17(20)23-16/h7,10,15-16H,3-6,8-9,11H2,1-2H3,(H,19,21)/t15-,16-/m1/s1. The lowest BCUT2D eigenvalue weighted by atomic mass is 9.88. The molecule has 0 aromatic carbocycles. The van der Waals surface area contributed by atoms with Crippen LogP contribution in [0.2, 0.25) is 0 Å². The molecule has 1 N–H and O–H groups in total. The number of alkyl carbamates (subject to hydrolysis) is 1. The molecule has 0 saturated carbocycles. The van der Waals surface area contributed by atoms with Crippen LogP contribution in [0.25, 0.3) is 0 Å². The maximum Gasteiger partial charge on any atom is 0.407 e. The molecule has 2 aliphatic rings. The third-order valence-corrected chi connectivity index (χ3v) is 4.26. The van der Waals surface area contributed by atoms with Crippen molar-refractivity contribution >= 4 is 12.1 Å². The molecule has 2 rings (SSSR count). The van der Waals surface area contributed by atoms with Crippen molar-refractivity contribution in [2.24, 2.45) is 5.92 Å². The lowest BCUT2D eigenvalue weighted by molar-refractivity contribution is -0.137. The number of nitrogens with one attached hydrogen (secondary N) is 1. The van der Waals surface area contributed by atoms with Crippen LogP contribution in [-0.2, 0) is 14.3 Å². The first-order valence-corrected chi connectivity index (χ1v) is 8.16. The molecular weight excluding hydrogens is 294 g/mol. The maximum absolute atomic E-state index is 11.8. The smallest absolute Gasteiger partial charge is 0.407 e. The number of fused-ring (bicyclic) bond motifs is 1. The minimum Gasteiger partial charge on any atom is -0.454 e. The minimum absolute atomic E-state index is 0.00317. The molecule has 5 heteroatoms. The zero-order chi connectivity index (χ0) is 16.8. The van der Waals surface area contributed by atoms with Gasteiger partial charge in [0.2, 0.25) is 0 Å². The Hall–Kier alpha value is -2.04. The van der Waals surface area contributed by atoms with E-state index in [-0.39, 0.29) is 24.6 Å². The van der Waals surface area contributed by atoms with Gasteiger partial charge in [-0.05, 0) is 51.2 Å². The van der Waals surface area contributed by atoms with E-state index in [0.29, 0.717) is 12.1 Å². The molecule has 0 aromatic heterocycles. The minimum atomic E-state index is -0.400. The number of amides is 1. The molecule has 1 aliphatic carbocycles. The summed E-state index contributed by atoms with van der Waals surface area (Å²) in [6.07, 6.45) is 6.90. The Morgan fingerprint density at radius 1 is 1.48 bits per heavy atom. The van der Waals surface area contributed by atoms with Crippen LogP contribution in [0.1, 0.15) is 39.5 Å². The molecule has 1 heterocycles. The second kappa shape index (κ2) is 7.99. The number of carbonyl (C=O) groups excluding carboxylic acids is 2. The van der Waals surface area contributed by atoms with Gasteiger partial charge < -0.3 is 14.8 Å². The number of rotatable bonds is 3. The molecule has 0 aromatic rings. The second-order valence-corrected chi connectivity index (χ2v) is 6.06. The Morgan fingerprint density at radius 3 is 3.00 bits per heavy atom. The summed E-state index contributed by atoms with van der Waals surface area (Å²) in [6, 6.07) is 0. The van der Waals surface area contributed by atoms with Crippen LogP contribution < -0.4 is 5.32 Å². The Morgan fingerprint density at radius 2 is 2.26 bits per heavy atom. The highest BCUT2D eigenvalue weighted by molar-refractivity contribution is 5.91. The molecule has 0 unspecified atom stereocenters. The summed E-state index contributed by atoms with van der Waals surface area (Å²) >= 11 is 0. The molecule has 0 bridgehead atoms. The highest BCUT2D eigenvalue weighted by Gasteiger charge is 2.37. The summed E-state index contributed by atoms with van der Waals surface area (Å²) in [4.78, 5) is 23.2. The van der Waals surface area contributed by atoms with E-state index in [4.69, 9.17) is 9.47 Å². The van der Waals surface area contributed by atoms with Gasteiger partial charge in [-0.2, -0.15) is 0 Å². The second-order valence-electron chi connectivity index (χ2n) is 6.06. The first-order chi connectivity index (χ1) is 11.0. The van der Waals surface area contributed by atoms with Gasteiger partial charge in [-0.25, -0.2) is 9.59 Å². The van der Waals surface area contributed by atoms with Crippen LogP contribution in [-0.4, -0.2) is 31.3 Å². The van der Waals surface area contributed by atoms with Crippen LogP contribution in [0.3, 0.4) is 0 Å². The van der Waals surface area contributed by atoms with Crippen molar-refractivity contribution in [1.29, 1.82) is 0 Å². The van der Waals surface area contributed by atoms with Crippen molar-refractivity contribution in [1.82, 2.24) is 5.32 Å². The van der Waals surface area contributed by atoms with Crippen LogP contribution in [0.5, 0.6) is 0 Å². The van der Waals surface area contributed by atoms with Gasteiger partial charge in [0.1, 0.15) is 12.7 Å². The van der Waals surface area contributed by atoms with Crippen molar-refractivity contribution in [2.75, 3.05) is 13.2 Å². The maximum atomic E-state index is 11.8. The van der Waals surface area contributed by atoms with Crippen LogP contribution in [0.4, 0.5) is 4.79 Å². The van der Waals surface area contributed by atoms with Crippen LogP contribution in [0, 0.1) is 5.92 Å². The third-order valence-electron chi connectivity index (χ3n) is 4.26. The first kappa shape index (κ1) is 17.3. The monoisotopic (exact) mass is 319 g/mol.